The first-order chi connectivity index (χ1) is 21.0. The highest BCUT2D eigenvalue weighted by Gasteiger charge is 2.74. The van der Waals surface area contributed by atoms with E-state index in [4.69, 9.17) is 46.6 Å². The quantitative estimate of drug-likeness (QED) is 0.189. The van der Waals surface area contributed by atoms with E-state index in [1.807, 2.05) is 30.3 Å². The van der Waals surface area contributed by atoms with E-state index in [1.54, 1.807) is 7.11 Å². The van der Waals surface area contributed by atoms with Crippen molar-refractivity contribution in [3.05, 3.63) is 92.7 Å². The molecule has 6 nitrogen and oxygen atoms in total. The van der Waals surface area contributed by atoms with Gasteiger partial charge in [0.1, 0.15) is 16.9 Å². The second-order valence-corrected chi connectivity index (χ2v) is 13.7. The number of benzene rings is 3. The highest BCUT2D eigenvalue weighted by Crippen LogP contribution is 2.70. The largest absolute Gasteiger partial charge is 0.477 e. The summed E-state index contributed by atoms with van der Waals surface area (Å²) < 4.78 is 32.7. The number of likely N-dealkylation sites (tertiary alicyclic amines) is 1. The number of fused-ring (bicyclic) bond motifs is 4. The van der Waals surface area contributed by atoms with Crippen molar-refractivity contribution in [3.63, 3.8) is 0 Å². The number of halogens is 2. The maximum atomic E-state index is 7.47. The van der Waals surface area contributed by atoms with Gasteiger partial charge in [0.25, 0.3) is 0 Å². The van der Waals surface area contributed by atoms with Crippen molar-refractivity contribution in [3.8, 4) is 11.5 Å². The first kappa shape index (κ1) is 26.6. The zero-order valence-corrected chi connectivity index (χ0v) is 25.5. The van der Waals surface area contributed by atoms with Crippen LogP contribution in [0, 0.1) is 5.92 Å². The molecule has 222 valence electrons. The molecular formula is C35H33Cl2NO5. The first-order valence-electron chi connectivity index (χ1n) is 15.3. The van der Waals surface area contributed by atoms with Crippen LogP contribution in [0.1, 0.15) is 53.4 Å². The van der Waals surface area contributed by atoms with Crippen molar-refractivity contribution < 1.29 is 23.4 Å². The lowest BCUT2D eigenvalue weighted by molar-refractivity contribution is -0.212. The Morgan fingerprint density at radius 2 is 1.86 bits per heavy atom. The molecule has 1 saturated carbocycles. The lowest BCUT2D eigenvalue weighted by Gasteiger charge is -2.64. The standard InChI is InChI=1S/C35H33Cl2NO5/c1-39-19-40-28-12-11-21-15-29-35(41-18-24-25(36)6-4-7-26(24)37)16-23-22-5-2-3-8-27(22)42-31(23)33-34(35,30(21)32(28)43-33)13-14-38(29)17-20-9-10-20/h2-8,11-12,20,29,33H,9-10,13-19H2,1H3/t29-,33+,34+,35-/m1/s1. The topological polar surface area (TPSA) is 53.3 Å². The van der Waals surface area contributed by atoms with Crippen LogP contribution in [0.2, 0.25) is 10.0 Å². The number of piperidine rings is 1. The molecule has 1 spiro atoms. The maximum Gasteiger partial charge on any atom is 0.188 e. The molecule has 5 aliphatic rings. The Bertz CT molecular complexity index is 1750. The van der Waals surface area contributed by atoms with E-state index < -0.39 is 11.0 Å². The molecule has 0 radical (unpaired) electrons. The van der Waals surface area contributed by atoms with E-state index in [0.29, 0.717) is 22.4 Å². The number of hydrogen-bond donors (Lipinski definition) is 0. The van der Waals surface area contributed by atoms with Crippen LogP contribution in [0.25, 0.3) is 11.0 Å². The molecule has 0 N–H and O–H groups in total. The van der Waals surface area contributed by atoms with Crippen molar-refractivity contribution in [2.45, 2.75) is 61.9 Å². The Morgan fingerprint density at radius 1 is 1.02 bits per heavy atom. The van der Waals surface area contributed by atoms with Crippen LogP contribution in [-0.4, -0.2) is 43.5 Å². The lowest BCUT2D eigenvalue weighted by Crippen LogP contribution is -2.75. The van der Waals surface area contributed by atoms with Crippen LogP contribution < -0.4 is 9.47 Å². The number of methoxy groups -OCH3 is 1. The summed E-state index contributed by atoms with van der Waals surface area (Å²) in [6, 6.07) is 18.4. The van der Waals surface area contributed by atoms with E-state index >= 15 is 0 Å². The minimum atomic E-state index is -0.606. The summed E-state index contributed by atoms with van der Waals surface area (Å²) in [6.45, 7) is 2.54. The molecule has 0 amide bonds. The Labute approximate surface area is 260 Å². The van der Waals surface area contributed by atoms with Gasteiger partial charge in [0.05, 0.1) is 12.0 Å². The SMILES string of the molecule is COCOc1ccc2c3c1O[C@H]1c4oc5ccccc5c4C[C@@]4(OCc5c(Cl)cccc5Cl)[C@@H](C2)N(CC2CC2)CC[C@]314. The fraction of sp³-hybridized carbons (Fsp3) is 0.429. The molecule has 3 aromatic carbocycles. The Morgan fingerprint density at radius 3 is 2.67 bits per heavy atom. The number of furan rings is 1. The van der Waals surface area contributed by atoms with Crippen molar-refractivity contribution in [1.29, 1.82) is 0 Å². The first-order valence-corrected chi connectivity index (χ1v) is 16.1. The summed E-state index contributed by atoms with van der Waals surface area (Å²) in [5.41, 5.74) is 4.33. The average molecular weight is 619 g/mol. The fourth-order valence-electron chi connectivity index (χ4n) is 8.76. The number of para-hydroxylation sites is 1. The van der Waals surface area contributed by atoms with Gasteiger partial charge in [-0.2, -0.15) is 0 Å². The Kier molecular flexibility index (Phi) is 5.97. The highest BCUT2D eigenvalue weighted by molar-refractivity contribution is 6.35. The van der Waals surface area contributed by atoms with Gasteiger partial charge in [-0.05, 0) is 68.0 Å². The smallest absolute Gasteiger partial charge is 0.188 e. The van der Waals surface area contributed by atoms with Gasteiger partial charge in [-0.25, -0.2) is 0 Å². The fourth-order valence-corrected chi connectivity index (χ4v) is 9.27. The summed E-state index contributed by atoms with van der Waals surface area (Å²) >= 11 is 13.5. The van der Waals surface area contributed by atoms with E-state index in [2.05, 4.69) is 29.2 Å². The van der Waals surface area contributed by atoms with Gasteiger partial charge in [0, 0.05) is 58.2 Å². The van der Waals surface area contributed by atoms with Crippen molar-refractivity contribution >= 4 is 34.2 Å². The molecule has 4 aromatic rings. The van der Waals surface area contributed by atoms with Crippen LogP contribution >= 0.6 is 23.2 Å². The zero-order chi connectivity index (χ0) is 28.9. The second kappa shape index (κ2) is 9.63. The van der Waals surface area contributed by atoms with Crippen LogP contribution in [0.3, 0.4) is 0 Å². The number of hydrogen-bond acceptors (Lipinski definition) is 6. The summed E-state index contributed by atoms with van der Waals surface area (Å²) in [6.07, 6.45) is 4.74. The van der Waals surface area contributed by atoms with Gasteiger partial charge >= 0.3 is 0 Å². The van der Waals surface area contributed by atoms with E-state index in [1.165, 1.54) is 29.5 Å². The molecule has 9 rings (SSSR count). The van der Waals surface area contributed by atoms with Crippen molar-refractivity contribution in [2.24, 2.45) is 5.92 Å². The summed E-state index contributed by atoms with van der Waals surface area (Å²) in [5, 5.41) is 2.37. The second-order valence-electron chi connectivity index (χ2n) is 12.9. The van der Waals surface area contributed by atoms with Gasteiger partial charge in [-0.15, -0.1) is 0 Å². The predicted octanol–water partition coefficient (Wildman–Crippen LogP) is 7.65. The summed E-state index contributed by atoms with van der Waals surface area (Å²) in [5.74, 6) is 3.16. The highest BCUT2D eigenvalue weighted by atomic mass is 35.5. The predicted molar refractivity (Wildman–Crippen MR) is 164 cm³/mol. The summed E-state index contributed by atoms with van der Waals surface area (Å²) in [7, 11) is 1.64. The van der Waals surface area contributed by atoms with Gasteiger partial charge in [-0.3, -0.25) is 4.90 Å². The molecule has 1 aromatic heterocycles. The molecule has 3 aliphatic carbocycles. The molecule has 43 heavy (non-hydrogen) atoms. The average Bonchev–Trinajstić information content (AvgIpc) is 3.65. The number of ether oxygens (including phenoxy) is 4. The minimum Gasteiger partial charge on any atom is -0.477 e. The van der Waals surface area contributed by atoms with Gasteiger partial charge in [0.2, 0.25) is 0 Å². The van der Waals surface area contributed by atoms with Gasteiger partial charge < -0.3 is 23.4 Å². The lowest BCUT2D eigenvalue weighted by atomic mass is 9.49. The van der Waals surface area contributed by atoms with Crippen LogP contribution in [0.15, 0.2) is 59.0 Å². The molecule has 0 unspecified atom stereocenters. The van der Waals surface area contributed by atoms with Gasteiger partial charge in [-0.1, -0.05) is 53.5 Å². The minimum absolute atomic E-state index is 0.146. The summed E-state index contributed by atoms with van der Waals surface area (Å²) in [4.78, 5) is 2.72. The van der Waals surface area contributed by atoms with Crippen LogP contribution in [-0.2, 0) is 34.3 Å². The maximum absolute atomic E-state index is 7.47. The zero-order valence-electron chi connectivity index (χ0n) is 24.0. The monoisotopic (exact) mass is 617 g/mol. The third-order valence-corrected chi connectivity index (χ3v) is 11.5. The normalized spacial score (nSPS) is 28.4. The number of rotatable bonds is 8. The van der Waals surface area contributed by atoms with E-state index in [0.717, 1.165) is 66.3 Å². The van der Waals surface area contributed by atoms with Crippen molar-refractivity contribution in [2.75, 3.05) is 27.0 Å². The third kappa shape index (κ3) is 3.65. The Balaban J connectivity index is 1.29. The molecule has 1 saturated heterocycles. The molecule has 2 fully saturated rings. The molecular weight excluding hydrogens is 585 g/mol. The molecule has 3 heterocycles. The third-order valence-electron chi connectivity index (χ3n) is 10.7. The van der Waals surface area contributed by atoms with Crippen molar-refractivity contribution in [1.82, 2.24) is 4.90 Å². The van der Waals surface area contributed by atoms with Crippen LogP contribution in [0.5, 0.6) is 11.5 Å². The Hall–Kier alpha value is -2.74. The van der Waals surface area contributed by atoms with Gasteiger partial charge in [0.15, 0.2) is 24.4 Å². The van der Waals surface area contributed by atoms with Crippen LogP contribution in [0.4, 0.5) is 0 Å². The van der Waals surface area contributed by atoms with E-state index in [-0.39, 0.29) is 18.9 Å². The van der Waals surface area contributed by atoms with E-state index in [9.17, 15) is 0 Å². The molecule has 2 aliphatic heterocycles. The molecule has 4 atom stereocenters. The molecule has 8 heteroatoms. The number of nitrogens with zero attached hydrogens (tertiary/aromatic N) is 1. The molecule has 2 bridgehead atoms.